The molecular formula is C20H23F2N5OS. The van der Waals surface area contributed by atoms with E-state index in [0.717, 1.165) is 30.7 Å². The number of benzene rings is 1. The molecule has 3 aromatic rings. The van der Waals surface area contributed by atoms with Gasteiger partial charge in [0.25, 0.3) is 0 Å². The summed E-state index contributed by atoms with van der Waals surface area (Å²) in [4.78, 5) is 13.5. The summed E-state index contributed by atoms with van der Waals surface area (Å²) in [6, 6.07) is 8.27. The van der Waals surface area contributed by atoms with E-state index in [1.54, 1.807) is 24.5 Å². The molecule has 2 N–H and O–H groups in total. The first-order valence-electron chi connectivity index (χ1n) is 9.30. The van der Waals surface area contributed by atoms with Crippen LogP contribution >= 0.6 is 13.5 Å². The Balaban J connectivity index is 0.00000240. The van der Waals surface area contributed by atoms with Crippen molar-refractivity contribution in [2.24, 2.45) is 5.92 Å². The predicted molar refractivity (Wildman–Crippen MR) is 114 cm³/mol. The molecule has 1 aliphatic rings. The Bertz CT molecular complexity index is 936. The molecule has 1 aromatic carbocycles. The van der Waals surface area contributed by atoms with Crippen LogP contribution < -0.4 is 15.4 Å². The molecule has 0 saturated carbocycles. The fourth-order valence-electron chi connectivity index (χ4n) is 3.39. The lowest BCUT2D eigenvalue weighted by atomic mass is 10.00. The molecule has 0 aliphatic carbocycles. The van der Waals surface area contributed by atoms with Gasteiger partial charge >= 0.3 is 6.61 Å². The van der Waals surface area contributed by atoms with Crippen LogP contribution in [0.25, 0.3) is 22.3 Å². The minimum Gasteiger partial charge on any atom is -0.435 e. The molecule has 6 nitrogen and oxygen atoms in total. The molecule has 0 unspecified atom stereocenters. The molecular weight excluding hydrogens is 396 g/mol. The van der Waals surface area contributed by atoms with Gasteiger partial charge in [0, 0.05) is 24.5 Å². The summed E-state index contributed by atoms with van der Waals surface area (Å²) in [6.07, 6.45) is 5.64. The van der Waals surface area contributed by atoms with E-state index in [1.807, 2.05) is 6.07 Å². The van der Waals surface area contributed by atoms with Gasteiger partial charge in [0.15, 0.2) is 5.82 Å². The number of halogens is 2. The summed E-state index contributed by atoms with van der Waals surface area (Å²) < 4.78 is 29.1. The first kappa shape index (κ1) is 21.2. The molecule has 154 valence electrons. The zero-order valence-electron chi connectivity index (χ0n) is 15.7. The van der Waals surface area contributed by atoms with Crippen molar-refractivity contribution in [3.05, 3.63) is 42.7 Å². The van der Waals surface area contributed by atoms with Gasteiger partial charge in [0.2, 0.25) is 0 Å². The van der Waals surface area contributed by atoms with Crippen LogP contribution in [0.2, 0.25) is 0 Å². The van der Waals surface area contributed by atoms with E-state index in [4.69, 9.17) is 4.98 Å². The van der Waals surface area contributed by atoms with E-state index in [2.05, 4.69) is 25.3 Å². The number of rotatable bonds is 6. The second kappa shape index (κ2) is 9.80. The number of nitrogens with one attached hydrogen (secondary N) is 2. The number of ether oxygens (including phenoxy) is 1. The number of hydrogen-bond donors (Lipinski definition) is 2. The quantitative estimate of drug-likeness (QED) is 0.633. The van der Waals surface area contributed by atoms with Crippen LogP contribution in [0.3, 0.4) is 0 Å². The van der Waals surface area contributed by atoms with Gasteiger partial charge in [-0.2, -0.15) is 22.3 Å². The molecule has 2 aromatic heterocycles. The third kappa shape index (κ3) is 5.30. The fourth-order valence-corrected chi connectivity index (χ4v) is 3.39. The Hall–Kier alpha value is -2.52. The van der Waals surface area contributed by atoms with Crippen molar-refractivity contribution < 1.29 is 13.5 Å². The third-order valence-corrected chi connectivity index (χ3v) is 4.79. The maximum atomic E-state index is 12.3. The summed E-state index contributed by atoms with van der Waals surface area (Å²) in [5.41, 5.74) is 2.93. The van der Waals surface area contributed by atoms with Crippen molar-refractivity contribution >= 4 is 30.3 Å². The maximum absolute atomic E-state index is 12.3. The van der Waals surface area contributed by atoms with E-state index in [1.165, 1.54) is 25.0 Å². The highest BCUT2D eigenvalue weighted by Gasteiger charge is 2.15. The van der Waals surface area contributed by atoms with Crippen LogP contribution in [0.1, 0.15) is 12.8 Å². The third-order valence-electron chi connectivity index (χ3n) is 4.79. The minimum atomic E-state index is -2.84. The van der Waals surface area contributed by atoms with Crippen molar-refractivity contribution in [2.45, 2.75) is 19.5 Å². The van der Waals surface area contributed by atoms with E-state index in [9.17, 15) is 8.78 Å². The number of alkyl halides is 2. The summed E-state index contributed by atoms with van der Waals surface area (Å²) in [7, 11) is 0. The highest BCUT2D eigenvalue weighted by molar-refractivity contribution is 7.59. The highest BCUT2D eigenvalue weighted by Crippen LogP contribution is 2.27. The molecule has 29 heavy (non-hydrogen) atoms. The first-order valence-corrected chi connectivity index (χ1v) is 9.30. The average molecular weight is 420 g/mol. The second-order valence-electron chi connectivity index (χ2n) is 6.78. The van der Waals surface area contributed by atoms with Gasteiger partial charge in [-0.25, -0.2) is 9.97 Å². The van der Waals surface area contributed by atoms with Gasteiger partial charge in [-0.3, -0.25) is 4.98 Å². The molecule has 0 spiro atoms. The van der Waals surface area contributed by atoms with Gasteiger partial charge in [-0.1, -0.05) is 0 Å². The largest absolute Gasteiger partial charge is 0.435 e. The topological polar surface area (TPSA) is 72.0 Å². The SMILES string of the molecule is FC(F)Oc1ccc(-c2cc3nccnc3c(NC[C@H]3CCCNC3)n2)cc1.S. The number of hydrogen-bond acceptors (Lipinski definition) is 6. The smallest absolute Gasteiger partial charge is 0.387 e. The Kier molecular flexibility index (Phi) is 7.16. The van der Waals surface area contributed by atoms with Gasteiger partial charge in [0.05, 0.1) is 11.2 Å². The molecule has 1 fully saturated rings. The lowest BCUT2D eigenvalue weighted by Gasteiger charge is -2.23. The van der Waals surface area contributed by atoms with Crippen LogP contribution in [0.4, 0.5) is 14.6 Å². The molecule has 1 aliphatic heterocycles. The summed E-state index contributed by atoms with van der Waals surface area (Å²) in [5.74, 6) is 1.33. The standard InChI is InChI=1S/C20H21F2N5O.H2S/c21-20(22)28-15-5-3-14(4-6-15)16-10-17-18(25-9-8-24-17)19(27-16)26-12-13-2-1-7-23-11-13;/h3-6,8-10,13,20,23H,1-2,7,11-12H2,(H,26,27);1H2/t13-;/m0./s1. The zero-order chi connectivity index (χ0) is 19.3. The molecule has 0 amide bonds. The van der Waals surface area contributed by atoms with E-state index < -0.39 is 6.61 Å². The highest BCUT2D eigenvalue weighted by atomic mass is 32.1. The molecule has 9 heteroatoms. The Labute approximate surface area is 174 Å². The molecule has 0 radical (unpaired) electrons. The van der Waals surface area contributed by atoms with Crippen molar-refractivity contribution in [2.75, 3.05) is 25.0 Å². The summed E-state index contributed by atoms with van der Waals surface area (Å²) in [5, 5.41) is 6.84. The Morgan fingerprint density at radius 1 is 1.17 bits per heavy atom. The first-order chi connectivity index (χ1) is 13.7. The van der Waals surface area contributed by atoms with Crippen LogP contribution in [0, 0.1) is 5.92 Å². The minimum absolute atomic E-state index is 0. The number of fused-ring (bicyclic) bond motifs is 1. The van der Waals surface area contributed by atoms with Crippen molar-refractivity contribution in [3.63, 3.8) is 0 Å². The number of anilines is 1. The van der Waals surface area contributed by atoms with Gasteiger partial charge in [-0.15, -0.1) is 0 Å². The summed E-state index contributed by atoms with van der Waals surface area (Å²) >= 11 is 0. The summed E-state index contributed by atoms with van der Waals surface area (Å²) in [6.45, 7) is 0.0206. The van der Waals surface area contributed by atoms with E-state index in [0.29, 0.717) is 22.9 Å². The van der Waals surface area contributed by atoms with Gasteiger partial charge in [0.1, 0.15) is 11.3 Å². The molecule has 3 heterocycles. The van der Waals surface area contributed by atoms with Crippen LogP contribution in [-0.4, -0.2) is 41.2 Å². The van der Waals surface area contributed by atoms with Crippen molar-refractivity contribution in [3.8, 4) is 17.0 Å². The zero-order valence-corrected chi connectivity index (χ0v) is 16.7. The number of aromatic nitrogens is 3. The molecule has 4 rings (SSSR count). The van der Waals surface area contributed by atoms with Gasteiger partial charge in [-0.05, 0) is 62.2 Å². The lowest BCUT2D eigenvalue weighted by Crippen LogP contribution is -2.33. The van der Waals surface area contributed by atoms with Crippen molar-refractivity contribution in [1.82, 2.24) is 20.3 Å². The normalized spacial score (nSPS) is 16.4. The lowest BCUT2D eigenvalue weighted by molar-refractivity contribution is -0.0498. The Morgan fingerprint density at radius 3 is 2.69 bits per heavy atom. The van der Waals surface area contributed by atoms with E-state index >= 15 is 0 Å². The maximum Gasteiger partial charge on any atom is 0.387 e. The average Bonchev–Trinajstić information content (AvgIpc) is 2.73. The van der Waals surface area contributed by atoms with Crippen molar-refractivity contribution in [1.29, 1.82) is 0 Å². The van der Waals surface area contributed by atoms with Gasteiger partial charge < -0.3 is 15.4 Å². The monoisotopic (exact) mass is 419 g/mol. The molecule has 1 saturated heterocycles. The molecule has 0 bridgehead atoms. The van der Waals surface area contributed by atoms with Crippen LogP contribution in [0.15, 0.2) is 42.7 Å². The van der Waals surface area contributed by atoms with E-state index in [-0.39, 0.29) is 19.2 Å². The molecule has 1 atom stereocenters. The second-order valence-corrected chi connectivity index (χ2v) is 6.78. The predicted octanol–water partition coefficient (Wildman–Crippen LogP) is 3.82. The number of pyridine rings is 1. The van der Waals surface area contributed by atoms with Crippen LogP contribution in [-0.2, 0) is 0 Å². The Morgan fingerprint density at radius 2 is 1.97 bits per heavy atom. The fraction of sp³-hybridized carbons (Fsp3) is 0.350. The van der Waals surface area contributed by atoms with Crippen LogP contribution in [0.5, 0.6) is 5.75 Å². The number of piperidine rings is 1. The number of nitrogens with zero attached hydrogens (tertiary/aromatic N) is 3.